The summed E-state index contributed by atoms with van der Waals surface area (Å²) in [5, 5.41) is 8.85. The second-order valence-electron chi connectivity index (χ2n) is 4.30. The summed E-state index contributed by atoms with van der Waals surface area (Å²) in [5.74, 6) is 1.44. The maximum atomic E-state index is 8.85. The van der Waals surface area contributed by atoms with Gasteiger partial charge in [0, 0.05) is 24.4 Å². The van der Waals surface area contributed by atoms with Crippen molar-refractivity contribution in [2.75, 3.05) is 7.11 Å². The Labute approximate surface area is 117 Å². The number of methoxy groups -OCH3 is 1. The van der Waals surface area contributed by atoms with Crippen LogP contribution in [0.5, 0.6) is 17.4 Å². The van der Waals surface area contributed by atoms with E-state index in [0.717, 1.165) is 5.56 Å². The van der Waals surface area contributed by atoms with Crippen LogP contribution in [-0.2, 0) is 0 Å². The summed E-state index contributed by atoms with van der Waals surface area (Å²) in [5.41, 5.74) is 7.21. The smallest absolute Gasteiger partial charge is 0.219 e. The molecule has 5 nitrogen and oxygen atoms in total. The molecule has 0 bridgehead atoms. The molecule has 0 aliphatic heterocycles. The van der Waals surface area contributed by atoms with E-state index in [1.54, 1.807) is 30.5 Å². The lowest BCUT2D eigenvalue weighted by Gasteiger charge is -2.10. The van der Waals surface area contributed by atoms with Crippen LogP contribution in [0.1, 0.15) is 24.1 Å². The molecule has 1 aromatic carbocycles. The van der Waals surface area contributed by atoms with E-state index in [1.165, 1.54) is 7.11 Å². The average Bonchev–Trinajstić information content (AvgIpc) is 2.48. The quantitative estimate of drug-likeness (QED) is 0.923. The number of benzene rings is 1. The van der Waals surface area contributed by atoms with Gasteiger partial charge in [0.25, 0.3) is 0 Å². The van der Waals surface area contributed by atoms with Crippen molar-refractivity contribution in [2.45, 2.75) is 13.0 Å². The van der Waals surface area contributed by atoms with Crippen LogP contribution < -0.4 is 15.2 Å². The van der Waals surface area contributed by atoms with E-state index in [4.69, 9.17) is 20.5 Å². The van der Waals surface area contributed by atoms with Gasteiger partial charge in [-0.3, -0.25) is 0 Å². The minimum atomic E-state index is -0.0685. The molecule has 1 atom stereocenters. The summed E-state index contributed by atoms with van der Waals surface area (Å²) >= 11 is 0. The summed E-state index contributed by atoms with van der Waals surface area (Å²) in [7, 11) is 1.52. The highest BCUT2D eigenvalue weighted by Gasteiger charge is 2.08. The molecule has 2 rings (SSSR count). The Morgan fingerprint density at radius 3 is 2.60 bits per heavy atom. The molecule has 0 amide bonds. The van der Waals surface area contributed by atoms with E-state index in [1.807, 2.05) is 19.1 Å². The maximum Gasteiger partial charge on any atom is 0.219 e. The number of pyridine rings is 1. The molecule has 20 heavy (non-hydrogen) atoms. The molecule has 2 aromatic rings. The number of hydrogen-bond acceptors (Lipinski definition) is 5. The zero-order valence-corrected chi connectivity index (χ0v) is 11.3. The average molecular weight is 269 g/mol. The first-order valence-electron chi connectivity index (χ1n) is 6.11. The van der Waals surface area contributed by atoms with E-state index >= 15 is 0 Å². The third kappa shape index (κ3) is 3.05. The number of nitrogens with two attached hydrogens (primary N) is 1. The highest BCUT2D eigenvalue weighted by Crippen LogP contribution is 2.31. The van der Waals surface area contributed by atoms with Crippen molar-refractivity contribution in [2.24, 2.45) is 5.73 Å². The summed E-state index contributed by atoms with van der Waals surface area (Å²) in [6.45, 7) is 1.89. The van der Waals surface area contributed by atoms with E-state index in [-0.39, 0.29) is 6.04 Å². The van der Waals surface area contributed by atoms with Crippen molar-refractivity contribution in [3.63, 3.8) is 0 Å². The van der Waals surface area contributed by atoms with Crippen LogP contribution in [0, 0.1) is 11.3 Å². The molecule has 0 aliphatic rings. The van der Waals surface area contributed by atoms with Gasteiger partial charge in [-0.15, -0.1) is 0 Å². The number of rotatable bonds is 4. The van der Waals surface area contributed by atoms with E-state index in [0.29, 0.717) is 22.9 Å². The topological polar surface area (TPSA) is 81.2 Å². The second kappa shape index (κ2) is 6.04. The zero-order valence-electron chi connectivity index (χ0n) is 11.3. The molecule has 0 aliphatic carbocycles. The van der Waals surface area contributed by atoms with Gasteiger partial charge in [0.2, 0.25) is 5.88 Å². The SMILES string of the molecule is COc1cc(C#N)ccc1Oc1ccc([C@H](C)N)cn1. The minimum Gasteiger partial charge on any atom is -0.493 e. The van der Waals surface area contributed by atoms with Gasteiger partial charge in [-0.05, 0) is 24.6 Å². The highest BCUT2D eigenvalue weighted by atomic mass is 16.5. The number of nitriles is 1. The van der Waals surface area contributed by atoms with Gasteiger partial charge in [-0.25, -0.2) is 4.98 Å². The number of ether oxygens (including phenoxy) is 2. The Balaban J connectivity index is 2.23. The summed E-state index contributed by atoms with van der Waals surface area (Å²) < 4.78 is 10.8. The lowest BCUT2D eigenvalue weighted by molar-refractivity contribution is 0.374. The van der Waals surface area contributed by atoms with Gasteiger partial charge in [0.15, 0.2) is 11.5 Å². The van der Waals surface area contributed by atoms with Crippen LogP contribution in [0.2, 0.25) is 0 Å². The number of nitrogens with zero attached hydrogens (tertiary/aromatic N) is 2. The van der Waals surface area contributed by atoms with Crippen LogP contribution in [-0.4, -0.2) is 12.1 Å². The molecule has 1 aromatic heterocycles. The fourth-order valence-corrected chi connectivity index (χ4v) is 1.66. The molecular weight excluding hydrogens is 254 g/mol. The van der Waals surface area contributed by atoms with Crippen molar-refractivity contribution in [3.05, 3.63) is 47.7 Å². The Kier molecular flexibility index (Phi) is 4.18. The summed E-state index contributed by atoms with van der Waals surface area (Å²) in [4.78, 5) is 4.19. The van der Waals surface area contributed by atoms with Gasteiger partial charge >= 0.3 is 0 Å². The lowest BCUT2D eigenvalue weighted by Crippen LogP contribution is -2.05. The third-order valence-corrected chi connectivity index (χ3v) is 2.79. The van der Waals surface area contributed by atoms with Gasteiger partial charge in [-0.1, -0.05) is 6.07 Å². The fourth-order valence-electron chi connectivity index (χ4n) is 1.66. The molecule has 5 heteroatoms. The Morgan fingerprint density at radius 1 is 1.25 bits per heavy atom. The molecular formula is C15H15N3O2. The van der Waals surface area contributed by atoms with Gasteiger partial charge in [-0.2, -0.15) is 5.26 Å². The minimum absolute atomic E-state index is 0.0685. The predicted molar refractivity (Wildman–Crippen MR) is 74.6 cm³/mol. The van der Waals surface area contributed by atoms with Crippen LogP contribution in [0.4, 0.5) is 0 Å². The zero-order chi connectivity index (χ0) is 14.5. The molecule has 0 radical (unpaired) electrons. The van der Waals surface area contributed by atoms with Crippen molar-refractivity contribution in [1.29, 1.82) is 5.26 Å². The number of hydrogen-bond donors (Lipinski definition) is 1. The van der Waals surface area contributed by atoms with Crippen molar-refractivity contribution in [3.8, 4) is 23.4 Å². The predicted octanol–water partition coefficient (Wildman–Crippen LogP) is 2.77. The Bertz CT molecular complexity index is 631. The van der Waals surface area contributed by atoms with Crippen LogP contribution >= 0.6 is 0 Å². The normalized spacial score (nSPS) is 11.5. The van der Waals surface area contributed by atoms with E-state index < -0.39 is 0 Å². The van der Waals surface area contributed by atoms with Crippen LogP contribution in [0.15, 0.2) is 36.5 Å². The van der Waals surface area contributed by atoms with E-state index in [2.05, 4.69) is 4.98 Å². The molecule has 0 unspecified atom stereocenters. The van der Waals surface area contributed by atoms with Crippen molar-refractivity contribution in [1.82, 2.24) is 4.98 Å². The highest BCUT2D eigenvalue weighted by molar-refractivity contribution is 5.48. The first kappa shape index (κ1) is 13.8. The van der Waals surface area contributed by atoms with E-state index in [9.17, 15) is 0 Å². The van der Waals surface area contributed by atoms with Crippen LogP contribution in [0.3, 0.4) is 0 Å². The lowest BCUT2D eigenvalue weighted by atomic mass is 10.2. The number of aromatic nitrogens is 1. The molecule has 102 valence electrons. The third-order valence-electron chi connectivity index (χ3n) is 2.79. The molecule has 0 fully saturated rings. The Hall–Kier alpha value is -2.58. The van der Waals surface area contributed by atoms with Crippen LogP contribution in [0.25, 0.3) is 0 Å². The second-order valence-corrected chi connectivity index (χ2v) is 4.30. The van der Waals surface area contributed by atoms with Crippen molar-refractivity contribution < 1.29 is 9.47 Å². The van der Waals surface area contributed by atoms with Crippen molar-refractivity contribution >= 4 is 0 Å². The first-order chi connectivity index (χ1) is 9.63. The largest absolute Gasteiger partial charge is 0.493 e. The molecule has 1 heterocycles. The van der Waals surface area contributed by atoms with Gasteiger partial charge in [0.05, 0.1) is 18.7 Å². The van der Waals surface area contributed by atoms with Gasteiger partial charge in [0.1, 0.15) is 0 Å². The molecule has 0 saturated carbocycles. The summed E-state index contributed by atoms with van der Waals surface area (Å²) in [6.07, 6.45) is 1.68. The molecule has 2 N–H and O–H groups in total. The maximum absolute atomic E-state index is 8.85. The Morgan fingerprint density at radius 2 is 2.05 bits per heavy atom. The fraction of sp³-hybridized carbons (Fsp3) is 0.200. The molecule has 0 spiro atoms. The monoisotopic (exact) mass is 269 g/mol. The summed E-state index contributed by atoms with van der Waals surface area (Å²) in [6, 6.07) is 10.5. The first-order valence-corrected chi connectivity index (χ1v) is 6.11. The standard InChI is InChI=1S/C15H15N3O2/c1-10(17)12-4-6-15(18-9-12)20-13-5-3-11(8-16)7-14(13)19-2/h3-7,9-10H,17H2,1-2H3/t10-/m0/s1. The molecule has 0 saturated heterocycles. The van der Waals surface area contributed by atoms with Gasteiger partial charge < -0.3 is 15.2 Å².